The minimum absolute atomic E-state index is 0.0151. The first-order chi connectivity index (χ1) is 8.59. The summed E-state index contributed by atoms with van der Waals surface area (Å²) in [5, 5.41) is 0.0151. The molecular formula is C14H20N2OS. The van der Waals surface area contributed by atoms with Crippen LogP contribution in [0.25, 0.3) is 0 Å². The predicted octanol–water partition coefficient (Wildman–Crippen LogP) is 2.91. The molecule has 1 fully saturated rings. The Kier molecular flexibility index (Phi) is 4.27. The van der Waals surface area contributed by atoms with Gasteiger partial charge in [0.1, 0.15) is 0 Å². The average molecular weight is 264 g/mol. The summed E-state index contributed by atoms with van der Waals surface area (Å²) in [5.41, 5.74) is 1.59. The Balaban J connectivity index is 2.18. The lowest BCUT2D eigenvalue weighted by atomic mass is 10.1. The number of likely N-dealkylation sites (tertiary alicyclic amines) is 1. The number of nitrogens with zero attached hydrogens (tertiary/aromatic N) is 2. The van der Waals surface area contributed by atoms with E-state index >= 15 is 0 Å². The molecule has 1 saturated heterocycles. The highest BCUT2D eigenvalue weighted by Crippen LogP contribution is 2.26. The average Bonchev–Trinajstić information content (AvgIpc) is 2.53. The van der Waals surface area contributed by atoms with Crippen LogP contribution in [0.15, 0.2) is 18.3 Å². The SMILES string of the molecule is Cc1ccc(C(=O)N2CCCCC(C)C2S)cn1. The molecule has 0 bridgehead atoms. The molecule has 4 heteroatoms. The van der Waals surface area contributed by atoms with Crippen LogP contribution in [0.4, 0.5) is 0 Å². The number of carbonyl (C=O) groups excluding carboxylic acids is 1. The van der Waals surface area contributed by atoms with Crippen LogP contribution in [-0.4, -0.2) is 27.7 Å². The molecule has 1 amide bonds. The number of amides is 1. The lowest BCUT2D eigenvalue weighted by molar-refractivity contribution is 0.0721. The molecule has 0 aromatic carbocycles. The normalized spacial score (nSPS) is 24.7. The van der Waals surface area contributed by atoms with Crippen LogP contribution in [0.3, 0.4) is 0 Å². The molecular weight excluding hydrogens is 244 g/mol. The number of aromatic nitrogens is 1. The molecule has 2 unspecified atom stereocenters. The molecule has 2 atom stereocenters. The maximum Gasteiger partial charge on any atom is 0.256 e. The van der Waals surface area contributed by atoms with Gasteiger partial charge in [0.15, 0.2) is 0 Å². The molecule has 2 heterocycles. The number of carbonyl (C=O) groups is 1. The van der Waals surface area contributed by atoms with Gasteiger partial charge in [-0.2, -0.15) is 12.6 Å². The standard InChI is InChI=1S/C14H20N2OS/c1-10-5-3-4-8-16(14(10)18)13(17)12-7-6-11(2)15-9-12/h6-7,9-10,14,18H,3-5,8H2,1-2H3. The van der Waals surface area contributed by atoms with E-state index in [0.29, 0.717) is 11.5 Å². The summed E-state index contributed by atoms with van der Waals surface area (Å²) < 4.78 is 0. The van der Waals surface area contributed by atoms with Crippen LogP contribution in [0.2, 0.25) is 0 Å². The molecule has 0 radical (unpaired) electrons. The van der Waals surface area contributed by atoms with E-state index in [2.05, 4.69) is 24.5 Å². The van der Waals surface area contributed by atoms with Gasteiger partial charge in [0, 0.05) is 18.4 Å². The van der Waals surface area contributed by atoms with E-state index in [9.17, 15) is 4.79 Å². The van der Waals surface area contributed by atoms with Gasteiger partial charge in [-0.1, -0.05) is 13.3 Å². The lowest BCUT2D eigenvalue weighted by Gasteiger charge is -2.29. The molecule has 2 rings (SSSR count). The molecule has 0 N–H and O–H groups in total. The van der Waals surface area contributed by atoms with Crippen LogP contribution >= 0.6 is 12.6 Å². The van der Waals surface area contributed by atoms with Crippen LogP contribution < -0.4 is 0 Å². The molecule has 1 aromatic heterocycles. The highest BCUT2D eigenvalue weighted by Gasteiger charge is 2.28. The molecule has 0 aliphatic carbocycles. The third kappa shape index (κ3) is 2.86. The summed E-state index contributed by atoms with van der Waals surface area (Å²) in [4.78, 5) is 18.5. The first-order valence-corrected chi connectivity index (χ1v) is 7.03. The van der Waals surface area contributed by atoms with Crippen molar-refractivity contribution in [3.8, 4) is 0 Å². The van der Waals surface area contributed by atoms with E-state index in [-0.39, 0.29) is 11.3 Å². The fourth-order valence-electron chi connectivity index (χ4n) is 2.32. The summed E-state index contributed by atoms with van der Waals surface area (Å²) in [6.07, 6.45) is 5.04. The molecule has 18 heavy (non-hydrogen) atoms. The fourth-order valence-corrected chi connectivity index (χ4v) is 2.69. The fraction of sp³-hybridized carbons (Fsp3) is 0.571. The second-order valence-electron chi connectivity index (χ2n) is 5.07. The van der Waals surface area contributed by atoms with Crippen molar-refractivity contribution in [3.05, 3.63) is 29.6 Å². The second-order valence-corrected chi connectivity index (χ2v) is 5.60. The van der Waals surface area contributed by atoms with Gasteiger partial charge in [-0.05, 0) is 37.8 Å². The Morgan fingerprint density at radius 2 is 2.22 bits per heavy atom. The minimum atomic E-state index is 0.0151. The highest BCUT2D eigenvalue weighted by molar-refractivity contribution is 7.80. The van der Waals surface area contributed by atoms with E-state index in [0.717, 1.165) is 25.1 Å². The van der Waals surface area contributed by atoms with Crippen molar-refractivity contribution in [2.75, 3.05) is 6.54 Å². The van der Waals surface area contributed by atoms with Crippen molar-refractivity contribution in [3.63, 3.8) is 0 Å². The van der Waals surface area contributed by atoms with Crippen molar-refractivity contribution in [2.24, 2.45) is 5.92 Å². The number of hydrogen-bond acceptors (Lipinski definition) is 3. The Bertz CT molecular complexity index is 418. The van der Waals surface area contributed by atoms with E-state index in [1.54, 1.807) is 6.20 Å². The Morgan fingerprint density at radius 3 is 2.89 bits per heavy atom. The predicted molar refractivity (Wildman–Crippen MR) is 75.8 cm³/mol. The van der Waals surface area contributed by atoms with Crippen molar-refractivity contribution < 1.29 is 4.79 Å². The van der Waals surface area contributed by atoms with E-state index < -0.39 is 0 Å². The summed E-state index contributed by atoms with van der Waals surface area (Å²) in [5.74, 6) is 0.495. The quantitative estimate of drug-likeness (QED) is 0.791. The van der Waals surface area contributed by atoms with Gasteiger partial charge in [0.2, 0.25) is 0 Å². The molecule has 1 aromatic rings. The zero-order valence-corrected chi connectivity index (χ0v) is 11.9. The van der Waals surface area contributed by atoms with Crippen molar-refractivity contribution in [1.29, 1.82) is 0 Å². The van der Waals surface area contributed by atoms with Crippen LogP contribution in [0.5, 0.6) is 0 Å². The third-order valence-corrected chi connectivity index (χ3v) is 4.34. The minimum Gasteiger partial charge on any atom is -0.327 e. The summed E-state index contributed by atoms with van der Waals surface area (Å²) in [6, 6.07) is 3.72. The molecule has 1 aliphatic heterocycles. The topological polar surface area (TPSA) is 33.2 Å². The van der Waals surface area contributed by atoms with E-state index in [1.165, 1.54) is 6.42 Å². The first-order valence-electron chi connectivity index (χ1n) is 6.51. The molecule has 1 aliphatic rings. The smallest absolute Gasteiger partial charge is 0.256 e. The van der Waals surface area contributed by atoms with Crippen LogP contribution in [0.1, 0.15) is 42.2 Å². The van der Waals surface area contributed by atoms with Gasteiger partial charge >= 0.3 is 0 Å². The zero-order valence-electron chi connectivity index (χ0n) is 11.0. The Hall–Kier alpha value is -1.03. The zero-order chi connectivity index (χ0) is 13.1. The Labute approximate surface area is 114 Å². The van der Waals surface area contributed by atoms with Crippen LogP contribution in [-0.2, 0) is 0 Å². The van der Waals surface area contributed by atoms with E-state index in [4.69, 9.17) is 0 Å². The van der Waals surface area contributed by atoms with Gasteiger partial charge in [0.25, 0.3) is 5.91 Å². The maximum absolute atomic E-state index is 12.5. The number of pyridine rings is 1. The van der Waals surface area contributed by atoms with Crippen LogP contribution in [0, 0.1) is 12.8 Å². The first kappa shape index (κ1) is 13.4. The summed E-state index contributed by atoms with van der Waals surface area (Å²) in [7, 11) is 0. The van der Waals surface area contributed by atoms with Gasteiger partial charge in [-0.15, -0.1) is 0 Å². The van der Waals surface area contributed by atoms with Crippen molar-refractivity contribution >= 4 is 18.5 Å². The molecule has 0 spiro atoms. The van der Waals surface area contributed by atoms with Gasteiger partial charge in [0.05, 0.1) is 10.9 Å². The van der Waals surface area contributed by atoms with Crippen molar-refractivity contribution in [1.82, 2.24) is 9.88 Å². The summed E-state index contributed by atoms with van der Waals surface area (Å²) >= 11 is 4.61. The van der Waals surface area contributed by atoms with Gasteiger partial charge in [-0.3, -0.25) is 9.78 Å². The molecule has 98 valence electrons. The molecule has 0 saturated carbocycles. The molecule has 3 nitrogen and oxygen atoms in total. The third-order valence-electron chi connectivity index (χ3n) is 3.56. The largest absolute Gasteiger partial charge is 0.327 e. The summed E-state index contributed by atoms with van der Waals surface area (Å²) in [6.45, 7) is 4.88. The number of rotatable bonds is 1. The lowest BCUT2D eigenvalue weighted by Crippen LogP contribution is -2.40. The highest BCUT2D eigenvalue weighted by atomic mass is 32.1. The number of aryl methyl sites for hydroxylation is 1. The monoisotopic (exact) mass is 264 g/mol. The Morgan fingerprint density at radius 1 is 1.44 bits per heavy atom. The maximum atomic E-state index is 12.5. The van der Waals surface area contributed by atoms with Gasteiger partial charge < -0.3 is 4.90 Å². The van der Waals surface area contributed by atoms with Gasteiger partial charge in [-0.25, -0.2) is 0 Å². The van der Waals surface area contributed by atoms with Crippen molar-refractivity contribution in [2.45, 2.75) is 38.5 Å². The number of thiol groups is 1. The number of hydrogen-bond donors (Lipinski definition) is 1. The second kappa shape index (κ2) is 5.74. The van der Waals surface area contributed by atoms with E-state index in [1.807, 2.05) is 24.0 Å².